The summed E-state index contributed by atoms with van der Waals surface area (Å²) in [6.07, 6.45) is 3.88. The van der Waals surface area contributed by atoms with E-state index >= 15 is 0 Å². The molecule has 0 unspecified atom stereocenters. The van der Waals surface area contributed by atoms with Gasteiger partial charge in [-0.3, -0.25) is 0 Å². The number of rotatable bonds is 2. The molecule has 0 radical (unpaired) electrons. The minimum atomic E-state index is -0.408. The quantitative estimate of drug-likeness (QED) is 0.860. The zero-order valence-corrected chi connectivity index (χ0v) is 9.97. The molecule has 0 aromatic heterocycles. The molecule has 1 aliphatic carbocycles. The van der Waals surface area contributed by atoms with Gasteiger partial charge < -0.3 is 5.11 Å². The molecule has 0 amide bonds. The van der Waals surface area contributed by atoms with E-state index in [0.29, 0.717) is 0 Å². The molecule has 1 saturated carbocycles. The summed E-state index contributed by atoms with van der Waals surface area (Å²) in [6, 6.07) is 6.32. The van der Waals surface area contributed by atoms with Crippen LogP contribution >= 0.6 is 15.9 Å². The van der Waals surface area contributed by atoms with Gasteiger partial charge in [0.05, 0.1) is 5.60 Å². The largest absolute Gasteiger partial charge is 0.390 e. The maximum absolute atomic E-state index is 10.0. The maximum Gasteiger partial charge on any atom is 0.0688 e. The third-order valence-corrected chi connectivity index (χ3v) is 3.91. The molecule has 2 heteroatoms. The Morgan fingerprint density at radius 2 is 2.14 bits per heavy atom. The Morgan fingerprint density at radius 1 is 1.43 bits per heavy atom. The van der Waals surface area contributed by atoms with Crippen molar-refractivity contribution in [2.45, 2.75) is 38.2 Å². The van der Waals surface area contributed by atoms with Crippen LogP contribution in [0.15, 0.2) is 22.7 Å². The molecule has 1 aromatic carbocycles. The van der Waals surface area contributed by atoms with Crippen molar-refractivity contribution < 1.29 is 5.11 Å². The Balaban J connectivity index is 2.13. The maximum atomic E-state index is 10.0. The summed E-state index contributed by atoms with van der Waals surface area (Å²) in [5, 5.41) is 10.0. The second-order valence-electron chi connectivity index (χ2n) is 4.34. The van der Waals surface area contributed by atoms with E-state index in [1.54, 1.807) is 0 Å². The Hall–Kier alpha value is -0.340. The van der Waals surface area contributed by atoms with Crippen molar-refractivity contribution in [3.63, 3.8) is 0 Å². The van der Waals surface area contributed by atoms with Crippen molar-refractivity contribution in [3.8, 4) is 0 Å². The first-order valence-corrected chi connectivity index (χ1v) is 5.86. The van der Waals surface area contributed by atoms with Crippen LogP contribution in [0.25, 0.3) is 0 Å². The summed E-state index contributed by atoms with van der Waals surface area (Å²) in [6.45, 7) is 2.08. The van der Waals surface area contributed by atoms with E-state index in [2.05, 4.69) is 41.1 Å². The molecule has 0 heterocycles. The number of hydrogen-bond donors (Lipinski definition) is 1. The predicted octanol–water partition coefficient (Wildman–Crippen LogP) is 3.22. The first-order valence-electron chi connectivity index (χ1n) is 5.06. The van der Waals surface area contributed by atoms with Gasteiger partial charge in [-0.05, 0) is 43.4 Å². The van der Waals surface area contributed by atoms with Crippen LogP contribution in [0.2, 0.25) is 0 Å². The lowest BCUT2D eigenvalue weighted by Gasteiger charge is -2.36. The molecule has 0 bridgehead atoms. The Bertz CT molecular complexity index is 342. The summed E-state index contributed by atoms with van der Waals surface area (Å²) in [7, 11) is 0. The van der Waals surface area contributed by atoms with Crippen molar-refractivity contribution in [1.82, 2.24) is 0 Å². The van der Waals surface area contributed by atoms with Gasteiger partial charge in [0, 0.05) is 10.9 Å². The zero-order chi connectivity index (χ0) is 10.2. The van der Waals surface area contributed by atoms with Gasteiger partial charge in [0.2, 0.25) is 0 Å². The summed E-state index contributed by atoms with van der Waals surface area (Å²) >= 11 is 3.51. The molecule has 0 aliphatic heterocycles. The standard InChI is InChI=1S/C12H15BrO/c1-9-3-4-10(7-11(9)13)8-12(14)5-2-6-12/h3-4,7,14H,2,5-6,8H2,1H3. The summed E-state index contributed by atoms with van der Waals surface area (Å²) < 4.78 is 1.14. The lowest BCUT2D eigenvalue weighted by Crippen LogP contribution is -2.38. The van der Waals surface area contributed by atoms with Crippen LogP contribution in [0.1, 0.15) is 30.4 Å². The van der Waals surface area contributed by atoms with Gasteiger partial charge in [-0.1, -0.05) is 28.1 Å². The van der Waals surface area contributed by atoms with E-state index in [4.69, 9.17) is 0 Å². The van der Waals surface area contributed by atoms with E-state index < -0.39 is 5.60 Å². The van der Waals surface area contributed by atoms with Crippen LogP contribution in [-0.2, 0) is 6.42 Å². The van der Waals surface area contributed by atoms with Crippen molar-refractivity contribution in [2.75, 3.05) is 0 Å². The molecular weight excluding hydrogens is 240 g/mol. The highest BCUT2D eigenvalue weighted by Crippen LogP contribution is 2.35. The van der Waals surface area contributed by atoms with Crippen LogP contribution < -0.4 is 0 Å². The fourth-order valence-corrected chi connectivity index (χ4v) is 2.31. The van der Waals surface area contributed by atoms with Gasteiger partial charge in [0.25, 0.3) is 0 Å². The first-order chi connectivity index (χ1) is 6.59. The molecule has 0 atom stereocenters. The van der Waals surface area contributed by atoms with E-state index in [1.807, 2.05) is 0 Å². The number of aryl methyl sites for hydroxylation is 1. The summed E-state index contributed by atoms with van der Waals surface area (Å²) in [4.78, 5) is 0. The lowest BCUT2D eigenvalue weighted by molar-refractivity contribution is -0.0323. The van der Waals surface area contributed by atoms with Crippen LogP contribution in [0, 0.1) is 6.92 Å². The van der Waals surface area contributed by atoms with Crippen molar-refractivity contribution in [2.24, 2.45) is 0 Å². The highest BCUT2D eigenvalue weighted by molar-refractivity contribution is 9.10. The third-order valence-electron chi connectivity index (χ3n) is 3.05. The second kappa shape index (κ2) is 3.67. The molecule has 0 spiro atoms. The average Bonchev–Trinajstić information content (AvgIpc) is 2.09. The molecule has 1 aliphatic rings. The van der Waals surface area contributed by atoms with Crippen molar-refractivity contribution in [1.29, 1.82) is 0 Å². The van der Waals surface area contributed by atoms with Crippen LogP contribution in [-0.4, -0.2) is 10.7 Å². The highest BCUT2D eigenvalue weighted by atomic mass is 79.9. The van der Waals surface area contributed by atoms with Gasteiger partial charge >= 0.3 is 0 Å². The summed E-state index contributed by atoms with van der Waals surface area (Å²) in [5.41, 5.74) is 2.06. The Kier molecular flexibility index (Phi) is 2.67. The molecule has 14 heavy (non-hydrogen) atoms. The van der Waals surface area contributed by atoms with Gasteiger partial charge in [-0.2, -0.15) is 0 Å². The van der Waals surface area contributed by atoms with Gasteiger partial charge in [-0.15, -0.1) is 0 Å². The van der Waals surface area contributed by atoms with Crippen LogP contribution in [0.3, 0.4) is 0 Å². The van der Waals surface area contributed by atoms with Crippen molar-refractivity contribution >= 4 is 15.9 Å². The molecule has 1 aromatic rings. The molecule has 1 nitrogen and oxygen atoms in total. The fourth-order valence-electron chi connectivity index (χ4n) is 1.89. The van der Waals surface area contributed by atoms with Crippen molar-refractivity contribution in [3.05, 3.63) is 33.8 Å². The molecule has 76 valence electrons. The van der Waals surface area contributed by atoms with Gasteiger partial charge in [0.1, 0.15) is 0 Å². The highest BCUT2D eigenvalue weighted by Gasteiger charge is 2.34. The van der Waals surface area contributed by atoms with E-state index in [0.717, 1.165) is 23.7 Å². The SMILES string of the molecule is Cc1ccc(CC2(O)CCC2)cc1Br. The fraction of sp³-hybridized carbons (Fsp3) is 0.500. The van der Waals surface area contributed by atoms with Crippen LogP contribution in [0.5, 0.6) is 0 Å². The van der Waals surface area contributed by atoms with Gasteiger partial charge in [-0.25, -0.2) is 0 Å². The van der Waals surface area contributed by atoms with Crippen LogP contribution in [0.4, 0.5) is 0 Å². The third kappa shape index (κ3) is 2.01. The first kappa shape index (κ1) is 10.2. The molecule has 2 rings (SSSR count). The van der Waals surface area contributed by atoms with E-state index in [9.17, 15) is 5.11 Å². The Morgan fingerprint density at radius 3 is 2.64 bits per heavy atom. The molecule has 1 N–H and O–H groups in total. The average molecular weight is 255 g/mol. The second-order valence-corrected chi connectivity index (χ2v) is 5.19. The molecule has 1 fully saturated rings. The van der Waals surface area contributed by atoms with E-state index in [1.165, 1.54) is 17.5 Å². The predicted molar refractivity (Wildman–Crippen MR) is 61.4 cm³/mol. The number of aliphatic hydroxyl groups is 1. The van der Waals surface area contributed by atoms with Gasteiger partial charge in [0.15, 0.2) is 0 Å². The monoisotopic (exact) mass is 254 g/mol. The smallest absolute Gasteiger partial charge is 0.0688 e. The summed E-state index contributed by atoms with van der Waals surface area (Å²) in [5.74, 6) is 0. The molecule has 0 saturated heterocycles. The number of halogens is 1. The number of hydrogen-bond acceptors (Lipinski definition) is 1. The normalized spacial score (nSPS) is 19.1. The Labute approximate surface area is 93.3 Å². The minimum Gasteiger partial charge on any atom is -0.390 e. The zero-order valence-electron chi connectivity index (χ0n) is 8.39. The topological polar surface area (TPSA) is 20.2 Å². The number of benzene rings is 1. The lowest BCUT2D eigenvalue weighted by atomic mass is 9.76. The molecular formula is C12H15BrO. The minimum absolute atomic E-state index is 0.408. The van der Waals surface area contributed by atoms with E-state index in [-0.39, 0.29) is 0 Å².